The van der Waals surface area contributed by atoms with Gasteiger partial charge < -0.3 is 19.4 Å². The predicted octanol–water partition coefficient (Wildman–Crippen LogP) is 5.34. The molecule has 1 amide bonds. The van der Waals surface area contributed by atoms with E-state index in [9.17, 15) is 4.79 Å². The number of hydrogen-bond acceptors (Lipinski definition) is 4. The second kappa shape index (κ2) is 9.96. The number of nitrogens with one attached hydrogen (secondary N) is 1. The quantitative estimate of drug-likeness (QED) is 0.451. The number of carbonyl (C=O) groups is 1. The average Bonchev–Trinajstić information content (AvgIpc) is 3.10. The van der Waals surface area contributed by atoms with Gasteiger partial charge in [-0.1, -0.05) is 28.1 Å². The molecule has 0 aliphatic heterocycles. The van der Waals surface area contributed by atoms with Gasteiger partial charge >= 0.3 is 0 Å². The summed E-state index contributed by atoms with van der Waals surface area (Å²) in [5.41, 5.74) is 4.54. The SMILES string of the molecule is CCOc1cc2occ(-c3ccc(Br)cc3)c2cc1/C(C)=C/C(=O)NCCN(C)C. The van der Waals surface area contributed by atoms with Crippen molar-refractivity contribution in [1.82, 2.24) is 10.2 Å². The Balaban J connectivity index is 1.98. The molecule has 158 valence electrons. The van der Waals surface area contributed by atoms with Crippen molar-refractivity contribution >= 4 is 38.4 Å². The first-order valence-corrected chi connectivity index (χ1v) is 10.7. The first kappa shape index (κ1) is 22.1. The molecule has 2 aromatic carbocycles. The van der Waals surface area contributed by atoms with Gasteiger partial charge in [0.05, 0.1) is 12.9 Å². The number of furan rings is 1. The van der Waals surface area contributed by atoms with Gasteiger partial charge in [-0.05, 0) is 57.3 Å². The van der Waals surface area contributed by atoms with Crippen LogP contribution in [-0.2, 0) is 4.79 Å². The molecular formula is C24H27BrN2O3. The third-order valence-corrected chi connectivity index (χ3v) is 5.29. The molecule has 6 heteroatoms. The molecular weight excluding hydrogens is 444 g/mol. The lowest BCUT2D eigenvalue weighted by molar-refractivity contribution is -0.116. The second-order valence-electron chi connectivity index (χ2n) is 7.36. The monoisotopic (exact) mass is 470 g/mol. The molecule has 0 unspecified atom stereocenters. The molecule has 0 spiro atoms. The number of amides is 1. The minimum absolute atomic E-state index is 0.114. The Hall–Kier alpha value is -2.57. The minimum Gasteiger partial charge on any atom is -0.493 e. The summed E-state index contributed by atoms with van der Waals surface area (Å²) in [5.74, 6) is 0.591. The van der Waals surface area contributed by atoms with E-state index in [1.807, 2.05) is 69.2 Å². The first-order chi connectivity index (χ1) is 14.4. The lowest BCUT2D eigenvalue weighted by Gasteiger charge is -2.12. The molecule has 1 aromatic heterocycles. The summed E-state index contributed by atoms with van der Waals surface area (Å²) in [6.07, 6.45) is 3.39. The van der Waals surface area contributed by atoms with E-state index in [-0.39, 0.29) is 5.91 Å². The summed E-state index contributed by atoms with van der Waals surface area (Å²) in [5, 5.41) is 3.90. The lowest BCUT2D eigenvalue weighted by Crippen LogP contribution is -2.30. The average molecular weight is 471 g/mol. The summed E-state index contributed by atoms with van der Waals surface area (Å²) in [6.45, 7) is 5.79. The highest BCUT2D eigenvalue weighted by Crippen LogP contribution is 2.37. The summed E-state index contributed by atoms with van der Waals surface area (Å²) < 4.78 is 12.7. The Morgan fingerprint density at radius 3 is 2.63 bits per heavy atom. The third kappa shape index (κ3) is 5.32. The largest absolute Gasteiger partial charge is 0.493 e. The van der Waals surface area contributed by atoms with Crippen LogP contribution in [0.3, 0.4) is 0 Å². The van der Waals surface area contributed by atoms with Gasteiger partial charge in [0.2, 0.25) is 5.91 Å². The van der Waals surface area contributed by atoms with Crippen molar-refractivity contribution in [1.29, 1.82) is 0 Å². The maximum atomic E-state index is 12.3. The fourth-order valence-corrected chi connectivity index (χ4v) is 3.48. The van der Waals surface area contributed by atoms with Crippen LogP contribution in [0.2, 0.25) is 0 Å². The van der Waals surface area contributed by atoms with Gasteiger partial charge in [0, 0.05) is 46.2 Å². The minimum atomic E-state index is -0.114. The van der Waals surface area contributed by atoms with Gasteiger partial charge in [0.1, 0.15) is 11.3 Å². The molecule has 0 aliphatic carbocycles. The molecule has 0 aliphatic rings. The van der Waals surface area contributed by atoms with Crippen LogP contribution >= 0.6 is 15.9 Å². The Kier molecular flexibility index (Phi) is 7.34. The normalized spacial score (nSPS) is 11.9. The third-order valence-electron chi connectivity index (χ3n) is 4.76. The zero-order valence-electron chi connectivity index (χ0n) is 17.8. The number of hydrogen-bond donors (Lipinski definition) is 1. The number of halogens is 1. The number of benzene rings is 2. The van der Waals surface area contributed by atoms with E-state index in [0.29, 0.717) is 18.9 Å². The number of rotatable bonds is 8. The van der Waals surface area contributed by atoms with E-state index in [1.165, 1.54) is 0 Å². The molecule has 0 saturated carbocycles. The summed E-state index contributed by atoms with van der Waals surface area (Å²) >= 11 is 3.48. The first-order valence-electron chi connectivity index (χ1n) is 9.94. The summed E-state index contributed by atoms with van der Waals surface area (Å²) in [4.78, 5) is 14.4. The van der Waals surface area contributed by atoms with E-state index in [1.54, 1.807) is 12.3 Å². The van der Waals surface area contributed by atoms with Gasteiger partial charge in [-0.2, -0.15) is 0 Å². The van der Waals surface area contributed by atoms with E-state index in [2.05, 4.69) is 21.2 Å². The second-order valence-corrected chi connectivity index (χ2v) is 8.27. The molecule has 1 heterocycles. The standard InChI is InChI=1S/C24H27BrN2O3/c1-5-29-22-14-23-20(21(15-30-23)17-6-8-18(25)9-7-17)13-19(22)16(2)12-24(28)26-10-11-27(3)4/h6-9,12-15H,5,10-11H2,1-4H3,(H,26,28)/b16-12+. The fraction of sp³-hybridized carbons (Fsp3) is 0.292. The van der Waals surface area contributed by atoms with Crippen molar-refractivity contribution < 1.29 is 13.9 Å². The zero-order chi connectivity index (χ0) is 21.7. The number of likely N-dealkylation sites (N-methyl/N-ethyl adjacent to an activating group) is 1. The maximum Gasteiger partial charge on any atom is 0.244 e. The van der Waals surface area contributed by atoms with Crippen molar-refractivity contribution in [2.24, 2.45) is 0 Å². The molecule has 30 heavy (non-hydrogen) atoms. The number of ether oxygens (including phenoxy) is 1. The summed E-state index contributed by atoms with van der Waals surface area (Å²) in [6, 6.07) is 12.1. The molecule has 0 saturated heterocycles. The van der Waals surface area contributed by atoms with E-state index >= 15 is 0 Å². The number of nitrogens with zero attached hydrogens (tertiary/aromatic N) is 1. The van der Waals surface area contributed by atoms with Crippen molar-refractivity contribution in [2.45, 2.75) is 13.8 Å². The van der Waals surface area contributed by atoms with Crippen LogP contribution in [0.4, 0.5) is 0 Å². The van der Waals surface area contributed by atoms with E-state index in [0.717, 1.165) is 44.3 Å². The number of carbonyl (C=O) groups excluding carboxylic acids is 1. The highest BCUT2D eigenvalue weighted by Gasteiger charge is 2.15. The van der Waals surface area contributed by atoms with Crippen molar-refractivity contribution in [2.75, 3.05) is 33.8 Å². The lowest BCUT2D eigenvalue weighted by atomic mass is 9.99. The topological polar surface area (TPSA) is 54.7 Å². The van der Waals surface area contributed by atoms with Gasteiger partial charge in [0.25, 0.3) is 0 Å². The predicted molar refractivity (Wildman–Crippen MR) is 126 cm³/mol. The van der Waals surface area contributed by atoms with E-state index < -0.39 is 0 Å². The van der Waals surface area contributed by atoms with Crippen LogP contribution in [0.5, 0.6) is 5.75 Å². The number of fused-ring (bicyclic) bond motifs is 1. The van der Waals surface area contributed by atoms with Crippen LogP contribution in [0.15, 0.2) is 57.6 Å². The van der Waals surface area contributed by atoms with Crippen LogP contribution in [0.25, 0.3) is 27.7 Å². The molecule has 0 radical (unpaired) electrons. The van der Waals surface area contributed by atoms with Gasteiger partial charge in [-0.25, -0.2) is 0 Å². The van der Waals surface area contributed by atoms with E-state index in [4.69, 9.17) is 9.15 Å². The molecule has 0 fully saturated rings. The van der Waals surface area contributed by atoms with Crippen LogP contribution < -0.4 is 10.1 Å². The van der Waals surface area contributed by atoms with Crippen LogP contribution in [0.1, 0.15) is 19.4 Å². The maximum absolute atomic E-state index is 12.3. The Labute approximate surface area is 185 Å². The molecule has 3 aromatic rings. The smallest absolute Gasteiger partial charge is 0.244 e. The molecule has 0 bridgehead atoms. The number of allylic oxidation sites excluding steroid dienone is 1. The summed E-state index contributed by atoms with van der Waals surface area (Å²) in [7, 11) is 3.95. The molecule has 1 N–H and O–H groups in total. The van der Waals surface area contributed by atoms with Crippen LogP contribution in [0, 0.1) is 0 Å². The van der Waals surface area contributed by atoms with Crippen molar-refractivity contribution in [3.8, 4) is 16.9 Å². The van der Waals surface area contributed by atoms with Gasteiger partial charge in [0.15, 0.2) is 0 Å². The van der Waals surface area contributed by atoms with Crippen molar-refractivity contribution in [3.63, 3.8) is 0 Å². The zero-order valence-corrected chi connectivity index (χ0v) is 19.4. The Morgan fingerprint density at radius 1 is 1.23 bits per heavy atom. The highest BCUT2D eigenvalue weighted by atomic mass is 79.9. The molecule has 3 rings (SSSR count). The molecule has 0 atom stereocenters. The molecule has 5 nitrogen and oxygen atoms in total. The Bertz CT molecular complexity index is 1050. The van der Waals surface area contributed by atoms with Crippen molar-refractivity contribution in [3.05, 3.63) is 58.8 Å². The van der Waals surface area contributed by atoms with Gasteiger partial charge in [-0.15, -0.1) is 0 Å². The van der Waals surface area contributed by atoms with Gasteiger partial charge in [-0.3, -0.25) is 4.79 Å². The Morgan fingerprint density at radius 2 is 1.97 bits per heavy atom. The highest BCUT2D eigenvalue weighted by molar-refractivity contribution is 9.10. The van der Waals surface area contributed by atoms with Crippen LogP contribution in [-0.4, -0.2) is 44.6 Å². The fourth-order valence-electron chi connectivity index (χ4n) is 3.22.